The van der Waals surface area contributed by atoms with E-state index in [0.717, 1.165) is 0 Å². The van der Waals surface area contributed by atoms with Gasteiger partial charge in [0, 0.05) is 18.5 Å². The van der Waals surface area contributed by atoms with Crippen molar-refractivity contribution in [3.05, 3.63) is 0 Å². The van der Waals surface area contributed by atoms with Crippen LogP contribution in [0.5, 0.6) is 0 Å². The van der Waals surface area contributed by atoms with Crippen LogP contribution in [0.1, 0.15) is 19.8 Å². The molecule has 0 heterocycles. The SMILES string of the molecule is CC(CN)C(=O)NC1CC(O)C1. The van der Waals surface area contributed by atoms with Crippen LogP contribution in [0.3, 0.4) is 0 Å². The minimum absolute atomic E-state index is 0.00519. The Labute approximate surface area is 72.1 Å². The molecule has 1 atom stereocenters. The van der Waals surface area contributed by atoms with Crippen LogP contribution < -0.4 is 11.1 Å². The van der Waals surface area contributed by atoms with Gasteiger partial charge in [0.25, 0.3) is 0 Å². The summed E-state index contributed by atoms with van der Waals surface area (Å²) in [5.41, 5.74) is 5.33. The zero-order valence-electron chi connectivity index (χ0n) is 7.29. The Hall–Kier alpha value is -0.610. The molecule has 1 saturated carbocycles. The molecule has 1 unspecified atom stereocenters. The molecule has 0 aromatic rings. The van der Waals surface area contributed by atoms with E-state index in [2.05, 4.69) is 5.32 Å². The second-order valence-corrected chi connectivity index (χ2v) is 3.47. The summed E-state index contributed by atoms with van der Waals surface area (Å²) in [6, 6.07) is 0.168. The molecule has 1 aliphatic carbocycles. The molecule has 1 amide bonds. The molecule has 12 heavy (non-hydrogen) atoms. The molecule has 0 aromatic heterocycles. The first-order chi connectivity index (χ1) is 5.63. The number of hydrogen-bond donors (Lipinski definition) is 3. The number of amides is 1. The first-order valence-corrected chi connectivity index (χ1v) is 4.32. The normalized spacial score (nSPS) is 30.6. The van der Waals surface area contributed by atoms with Gasteiger partial charge in [0.1, 0.15) is 0 Å². The third-order valence-corrected chi connectivity index (χ3v) is 2.26. The van der Waals surface area contributed by atoms with Gasteiger partial charge in [-0.15, -0.1) is 0 Å². The summed E-state index contributed by atoms with van der Waals surface area (Å²) in [5, 5.41) is 11.8. The molecule has 0 saturated heterocycles. The largest absolute Gasteiger partial charge is 0.393 e. The standard InChI is InChI=1S/C8H16N2O2/c1-5(4-9)8(12)10-6-2-7(11)3-6/h5-7,11H,2-4,9H2,1H3,(H,10,12). The Balaban J connectivity index is 2.18. The fourth-order valence-electron chi connectivity index (χ4n) is 1.16. The molecular formula is C8H16N2O2. The Bertz CT molecular complexity index is 166. The first kappa shape index (κ1) is 9.48. The third-order valence-electron chi connectivity index (χ3n) is 2.26. The van der Waals surface area contributed by atoms with Gasteiger partial charge >= 0.3 is 0 Å². The van der Waals surface area contributed by atoms with E-state index in [9.17, 15) is 4.79 Å². The average Bonchev–Trinajstić information content (AvgIpc) is 2.00. The van der Waals surface area contributed by atoms with Crippen molar-refractivity contribution in [2.75, 3.05) is 6.54 Å². The zero-order chi connectivity index (χ0) is 9.14. The summed E-state index contributed by atoms with van der Waals surface area (Å²) in [6.07, 6.45) is 1.15. The molecular weight excluding hydrogens is 156 g/mol. The van der Waals surface area contributed by atoms with Crippen molar-refractivity contribution < 1.29 is 9.90 Å². The van der Waals surface area contributed by atoms with Gasteiger partial charge in [0.05, 0.1) is 6.10 Å². The average molecular weight is 172 g/mol. The summed E-state index contributed by atoms with van der Waals surface area (Å²) < 4.78 is 0. The van der Waals surface area contributed by atoms with Crippen molar-refractivity contribution in [1.82, 2.24) is 5.32 Å². The molecule has 0 aromatic carbocycles. The van der Waals surface area contributed by atoms with Crippen LogP contribution >= 0.6 is 0 Å². The van der Waals surface area contributed by atoms with E-state index in [-0.39, 0.29) is 24.0 Å². The lowest BCUT2D eigenvalue weighted by molar-refractivity contribution is -0.126. The lowest BCUT2D eigenvalue weighted by Crippen LogP contribution is -2.49. The quantitative estimate of drug-likeness (QED) is 0.523. The van der Waals surface area contributed by atoms with Gasteiger partial charge in [-0.25, -0.2) is 0 Å². The lowest BCUT2D eigenvalue weighted by atomic mass is 9.89. The maximum absolute atomic E-state index is 11.2. The van der Waals surface area contributed by atoms with Crippen molar-refractivity contribution in [1.29, 1.82) is 0 Å². The van der Waals surface area contributed by atoms with Crippen LogP contribution in [0, 0.1) is 5.92 Å². The molecule has 4 heteroatoms. The van der Waals surface area contributed by atoms with Crippen LogP contribution in [-0.4, -0.2) is 29.7 Å². The van der Waals surface area contributed by atoms with E-state index < -0.39 is 0 Å². The highest BCUT2D eigenvalue weighted by Gasteiger charge is 2.29. The summed E-state index contributed by atoms with van der Waals surface area (Å²) in [5.74, 6) is -0.128. The van der Waals surface area contributed by atoms with Crippen molar-refractivity contribution in [2.45, 2.75) is 31.9 Å². The fourth-order valence-corrected chi connectivity index (χ4v) is 1.16. The molecule has 0 spiro atoms. The van der Waals surface area contributed by atoms with Crippen molar-refractivity contribution in [3.63, 3.8) is 0 Å². The predicted molar refractivity (Wildman–Crippen MR) is 45.4 cm³/mol. The smallest absolute Gasteiger partial charge is 0.224 e. The van der Waals surface area contributed by atoms with E-state index in [1.807, 2.05) is 0 Å². The first-order valence-electron chi connectivity index (χ1n) is 4.32. The van der Waals surface area contributed by atoms with Crippen LogP contribution in [0.4, 0.5) is 0 Å². The van der Waals surface area contributed by atoms with Gasteiger partial charge in [-0.05, 0) is 12.8 Å². The van der Waals surface area contributed by atoms with Crippen LogP contribution in [0.25, 0.3) is 0 Å². The number of aliphatic hydroxyl groups excluding tert-OH is 1. The van der Waals surface area contributed by atoms with E-state index >= 15 is 0 Å². The number of nitrogens with one attached hydrogen (secondary N) is 1. The van der Waals surface area contributed by atoms with Crippen LogP contribution in [0.15, 0.2) is 0 Å². The van der Waals surface area contributed by atoms with Gasteiger partial charge in [0.15, 0.2) is 0 Å². The monoisotopic (exact) mass is 172 g/mol. The lowest BCUT2D eigenvalue weighted by Gasteiger charge is -2.32. The van der Waals surface area contributed by atoms with Gasteiger partial charge in [-0.1, -0.05) is 6.92 Å². The molecule has 1 aliphatic rings. The van der Waals surface area contributed by atoms with E-state index in [1.165, 1.54) is 0 Å². The summed E-state index contributed by atoms with van der Waals surface area (Å²) in [6.45, 7) is 2.17. The highest BCUT2D eigenvalue weighted by Crippen LogP contribution is 2.19. The van der Waals surface area contributed by atoms with E-state index in [1.54, 1.807) is 6.92 Å². The number of aliphatic hydroxyl groups is 1. The van der Waals surface area contributed by atoms with Crippen LogP contribution in [-0.2, 0) is 4.79 Å². The molecule has 4 nitrogen and oxygen atoms in total. The molecule has 0 radical (unpaired) electrons. The predicted octanol–water partition coefficient (Wildman–Crippen LogP) is -0.779. The van der Waals surface area contributed by atoms with E-state index in [4.69, 9.17) is 10.8 Å². The number of nitrogens with two attached hydrogens (primary N) is 1. The highest BCUT2D eigenvalue weighted by molar-refractivity contribution is 5.78. The number of rotatable bonds is 3. The topological polar surface area (TPSA) is 75.4 Å². The summed E-state index contributed by atoms with van der Waals surface area (Å²) in [4.78, 5) is 11.2. The molecule has 4 N–H and O–H groups in total. The molecule has 1 rings (SSSR count). The third kappa shape index (κ3) is 2.19. The summed E-state index contributed by atoms with van der Waals surface area (Å²) in [7, 11) is 0. The van der Waals surface area contributed by atoms with Gasteiger partial charge in [0.2, 0.25) is 5.91 Å². The Morgan fingerprint density at radius 1 is 1.75 bits per heavy atom. The fraction of sp³-hybridized carbons (Fsp3) is 0.875. The molecule has 0 bridgehead atoms. The molecule has 0 aliphatic heterocycles. The Morgan fingerprint density at radius 2 is 2.33 bits per heavy atom. The minimum Gasteiger partial charge on any atom is -0.393 e. The minimum atomic E-state index is -0.219. The van der Waals surface area contributed by atoms with Crippen molar-refractivity contribution in [2.24, 2.45) is 11.7 Å². The second kappa shape index (κ2) is 3.87. The van der Waals surface area contributed by atoms with Gasteiger partial charge < -0.3 is 16.2 Å². The Kier molecular flexibility index (Phi) is 3.05. The maximum atomic E-state index is 11.2. The van der Waals surface area contributed by atoms with E-state index in [0.29, 0.717) is 19.4 Å². The number of hydrogen-bond acceptors (Lipinski definition) is 3. The van der Waals surface area contributed by atoms with Gasteiger partial charge in [-0.3, -0.25) is 4.79 Å². The second-order valence-electron chi connectivity index (χ2n) is 3.47. The van der Waals surface area contributed by atoms with Gasteiger partial charge in [-0.2, -0.15) is 0 Å². The van der Waals surface area contributed by atoms with Crippen LogP contribution in [0.2, 0.25) is 0 Å². The highest BCUT2D eigenvalue weighted by atomic mass is 16.3. The molecule has 1 fully saturated rings. The number of carbonyl (C=O) groups is 1. The number of carbonyl (C=O) groups excluding carboxylic acids is 1. The Morgan fingerprint density at radius 3 is 2.75 bits per heavy atom. The molecule has 70 valence electrons. The summed E-state index contributed by atoms with van der Waals surface area (Å²) >= 11 is 0. The van der Waals surface area contributed by atoms with Crippen molar-refractivity contribution in [3.8, 4) is 0 Å². The maximum Gasteiger partial charge on any atom is 0.224 e. The van der Waals surface area contributed by atoms with Crippen molar-refractivity contribution >= 4 is 5.91 Å². The zero-order valence-corrected chi connectivity index (χ0v) is 7.29.